The van der Waals surface area contributed by atoms with Crippen molar-refractivity contribution in [3.8, 4) is 0 Å². The molecule has 0 aliphatic carbocycles. The van der Waals surface area contributed by atoms with Gasteiger partial charge < -0.3 is 9.84 Å². The molecule has 0 atom stereocenters. The van der Waals surface area contributed by atoms with Gasteiger partial charge in [-0.25, -0.2) is 0 Å². The first-order valence-corrected chi connectivity index (χ1v) is 5.85. The molecule has 0 spiro atoms. The van der Waals surface area contributed by atoms with Crippen molar-refractivity contribution in [1.82, 2.24) is 10.1 Å². The highest BCUT2D eigenvalue weighted by Gasteiger charge is 2.16. The summed E-state index contributed by atoms with van der Waals surface area (Å²) < 4.78 is 4.97. The summed E-state index contributed by atoms with van der Waals surface area (Å²) in [6.07, 6.45) is 0.520. The Kier molecular flexibility index (Phi) is 3.74. The van der Waals surface area contributed by atoms with Gasteiger partial charge in [-0.15, -0.1) is 0 Å². The topological polar surface area (TPSA) is 94.1 Å². The summed E-state index contributed by atoms with van der Waals surface area (Å²) in [5.41, 5.74) is 1.23. The molecule has 0 radical (unpaired) electrons. The molecule has 2 rings (SSSR count). The van der Waals surface area contributed by atoms with E-state index >= 15 is 0 Å². The van der Waals surface area contributed by atoms with E-state index in [1.165, 1.54) is 0 Å². The lowest BCUT2D eigenvalue weighted by molar-refractivity contribution is -0.384. The second-order valence-electron chi connectivity index (χ2n) is 4.14. The molecule has 0 saturated carbocycles. The van der Waals surface area contributed by atoms with Crippen molar-refractivity contribution in [3.05, 3.63) is 45.6 Å². The standard InChI is InChI=1S/C12H14N4O3/c1-8-4-3-5-10(12(8)16(17)18)13-7-6-11-14-9(2)15-19-11/h3-5,13H,6-7H2,1-2H3. The zero-order valence-corrected chi connectivity index (χ0v) is 10.7. The Morgan fingerprint density at radius 3 is 2.84 bits per heavy atom. The number of nitrogens with one attached hydrogen (secondary N) is 1. The highest BCUT2D eigenvalue weighted by Crippen LogP contribution is 2.27. The first-order chi connectivity index (χ1) is 9.08. The van der Waals surface area contributed by atoms with Crippen molar-refractivity contribution in [2.75, 3.05) is 11.9 Å². The van der Waals surface area contributed by atoms with Crippen LogP contribution in [0.5, 0.6) is 0 Å². The first kappa shape index (κ1) is 13.0. The Morgan fingerprint density at radius 2 is 2.21 bits per heavy atom. The van der Waals surface area contributed by atoms with Crippen molar-refractivity contribution in [2.24, 2.45) is 0 Å². The number of benzene rings is 1. The lowest BCUT2D eigenvalue weighted by Crippen LogP contribution is -2.07. The van der Waals surface area contributed by atoms with Crippen LogP contribution in [0.4, 0.5) is 11.4 Å². The van der Waals surface area contributed by atoms with Crippen LogP contribution in [0.15, 0.2) is 22.7 Å². The fourth-order valence-corrected chi connectivity index (χ4v) is 1.79. The smallest absolute Gasteiger partial charge is 0.295 e. The zero-order valence-electron chi connectivity index (χ0n) is 10.7. The maximum atomic E-state index is 11.0. The van der Waals surface area contributed by atoms with Gasteiger partial charge >= 0.3 is 0 Å². The second-order valence-corrected chi connectivity index (χ2v) is 4.14. The van der Waals surface area contributed by atoms with Gasteiger partial charge in [-0.1, -0.05) is 17.3 Å². The summed E-state index contributed by atoms with van der Waals surface area (Å²) in [5, 5.41) is 17.7. The number of nitro groups is 1. The molecule has 1 heterocycles. The predicted octanol–water partition coefficient (Wildman–Crippen LogP) is 2.25. The van der Waals surface area contributed by atoms with E-state index < -0.39 is 0 Å². The molecule has 0 aliphatic heterocycles. The van der Waals surface area contributed by atoms with E-state index in [0.717, 1.165) is 0 Å². The largest absolute Gasteiger partial charge is 0.379 e. The summed E-state index contributed by atoms with van der Waals surface area (Å²) in [7, 11) is 0. The highest BCUT2D eigenvalue weighted by atomic mass is 16.6. The first-order valence-electron chi connectivity index (χ1n) is 5.85. The fourth-order valence-electron chi connectivity index (χ4n) is 1.79. The molecule has 7 nitrogen and oxygen atoms in total. The number of anilines is 1. The Balaban J connectivity index is 2.03. The maximum absolute atomic E-state index is 11.0. The third-order valence-corrected chi connectivity index (χ3v) is 2.64. The molecule has 1 aromatic heterocycles. The lowest BCUT2D eigenvalue weighted by atomic mass is 10.1. The van der Waals surface area contributed by atoms with Gasteiger partial charge in [0.05, 0.1) is 4.92 Å². The Hall–Kier alpha value is -2.44. The number of para-hydroxylation sites is 1. The van der Waals surface area contributed by atoms with Gasteiger partial charge in [0.1, 0.15) is 5.69 Å². The quantitative estimate of drug-likeness (QED) is 0.656. The third kappa shape index (κ3) is 3.06. The molecule has 0 amide bonds. The minimum Gasteiger partial charge on any atom is -0.379 e. The molecule has 7 heteroatoms. The summed E-state index contributed by atoms with van der Waals surface area (Å²) in [5.74, 6) is 1.09. The molecule has 1 aromatic carbocycles. The van der Waals surface area contributed by atoms with E-state index in [4.69, 9.17) is 4.52 Å². The molecule has 0 fully saturated rings. The zero-order chi connectivity index (χ0) is 13.8. The average Bonchev–Trinajstić information content (AvgIpc) is 2.74. The molecule has 0 bridgehead atoms. The number of aryl methyl sites for hydroxylation is 2. The van der Waals surface area contributed by atoms with Crippen LogP contribution in [0.25, 0.3) is 0 Å². The summed E-state index contributed by atoms with van der Waals surface area (Å²) >= 11 is 0. The number of nitrogens with zero attached hydrogens (tertiary/aromatic N) is 3. The van der Waals surface area contributed by atoms with Gasteiger partial charge in [-0.3, -0.25) is 10.1 Å². The van der Waals surface area contributed by atoms with Gasteiger partial charge in [0, 0.05) is 18.5 Å². The minimum atomic E-state index is -0.380. The number of aromatic nitrogens is 2. The van der Waals surface area contributed by atoms with E-state index in [1.807, 2.05) is 0 Å². The molecule has 19 heavy (non-hydrogen) atoms. The fraction of sp³-hybridized carbons (Fsp3) is 0.333. The number of nitro benzene ring substituents is 1. The molecular weight excluding hydrogens is 248 g/mol. The van der Waals surface area contributed by atoms with Crippen LogP contribution in [-0.2, 0) is 6.42 Å². The lowest BCUT2D eigenvalue weighted by Gasteiger charge is -2.07. The van der Waals surface area contributed by atoms with Crippen molar-refractivity contribution < 1.29 is 9.45 Å². The van der Waals surface area contributed by atoms with Crippen LogP contribution in [-0.4, -0.2) is 21.6 Å². The molecule has 1 N–H and O–H groups in total. The van der Waals surface area contributed by atoms with Crippen molar-refractivity contribution in [2.45, 2.75) is 20.3 Å². The van der Waals surface area contributed by atoms with Crippen LogP contribution in [0.2, 0.25) is 0 Å². The van der Waals surface area contributed by atoms with Crippen LogP contribution >= 0.6 is 0 Å². The van der Waals surface area contributed by atoms with Crippen LogP contribution in [0.3, 0.4) is 0 Å². The molecule has 100 valence electrons. The molecule has 0 saturated heterocycles. The Labute approximate surface area is 109 Å². The van der Waals surface area contributed by atoms with Gasteiger partial charge in [-0.2, -0.15) is 4.98 Å². The molecule has 2 aromatic rings. The van der Waals surface area contributed by atoms with E-state index in [-0.39, 0.29) is 10.6 Å². The molecular formula is C12H14N4O3. The van der Waals surface area contributed by atoms with Gasteiger partial charge in [-0.05, 0) is 19.9 Å². The Bertz CT molecular complexity index is 594. The SMILES string of the molecule is Cc1noc(CCNc2cccc(C)c2[N+](=O)[O-])n1. The summed E-state index contributed by atoms with van der Waals surface area (Å²) in [4.78, 5) is 14.7. The second kappa shape index (κ2) is 5.47. The van der Waals surface area contributed by atoms with E-state index in [1.54, 1.807) is 32.0 Å². The number of hydrogen-bond acceptors (Lipinski definition) is 6. The molecule has 0 unspecified atom stereocenters. The van der Waals surface area contributed by atoms with Gasteiger partial charge in [0.2, 0.25) is 5.89 Å². The normalized spacial score (nSPS) is 10.4. The highest BCUT2D eigenvalue weighted by molar-refractivity contribution is 5.64. The monoisotopic (exact) mass is 262 g/mol. The van der Waals surface area contributed by atoms with E-state index in [0.29, 0.717) is 35.9 Å². The van der Waals surface area contributed by atoms with Gasteiger partial charge in [0.15, 0.2) is 5.82 Å². The van der Waals surface area contributed by atoms with Crippen molar-refractivity contribution in [1.29, 1.82) is 0 Å². The van der Waals surface area contributed by atoms with Crippen molar-refractivity contribution in [3.63, 3.8) is 0 Å². The average molecular weight is 262 g/mol. The van der Waals surface area contributed by atoms with Crippen LogP contribution in [0, 0.1) is 24.0 Å². The van der Waals surface area contributed by atoms with E-state index in [9.17, 15) is 10.1 Å². The predicted molar refractivity (Wildman–Crippen MR) is 69.1 cm³/mol. The van der Waals surface area contributed by atoms with E-state index in [2.05, 4.69) is 15.5 Å². The van der Waals surface area contributed by atoms with Crippen molar-refractivity contribution >= 4 is 11.4 Å². The minimum absolute atomic E-state index is 0.101. The maximum Gasteiger partial charge on any atom is 0.295 e. The van der Waals surface area contributed by atoms with Crippen LogP contribution < -0.4 is 5.32 Å². The summed E-state index contributed by atoms with van der Waals surface area (Å²) in [6, 6.07) is 5.18. The summed E-state index contributed by atoms with van der Waals surface area (Å²) in [6.45, 7) is 3.95. The van der Waals surface area contributed by atoms with Crippen LogP contribution in [0.1, 0.15) is 17.3 Å². The van der Waals surface area contributed by atoms with Gasteiger partial charge in [0.25, 0.3) is 5.69 Å². The number of hydrogen-bond donors (Lipinski definition) is 1. The number of rotatable bonds is 5. The molecule has 0 aliphatic rings. The Morgan fingerprint density at radius 1 is 1.42 bits per heavy atom. The third-order valence-electron chi connectivity index (χ3n) is 2.64.